The third-order valence-electron chi connectivity index (χ3n) is 1.82. The van der Waals surface area contributed by atoms with Crippen molar-refractivity contribution in [3.63, 3.8) is 0 Å². The summed E-state index contributed by atoms with van der Waals surface area (Å²) in [6.45, 7) is 3.28. The van der Waals surface area contributed by atoms with Gasteiger partial charge in [-0.1, -0.05) is 21.3 Å². The summed E-state index contributed by atoms with van der Waals surface area (Å²) in [7, 11) is 0. The van der Waals surface area contributed by atoms with Crippen LogP contribution in [0.15, 0.2) is 0 Å². The van der Waals surface area contributed by atoms with E-state index >= 15 is 0 Å². The molecule has 3 nitrogen and oxygen atoms in total. The first-order valence-corrected chi connectivity index (χ1v) is 3.60. The minimum Gasteiger partial charge on any atom is -0.394 e. The molecule has 0 amide bonds. The van der Waals surface area contributed by atoms with Crippen LogP contribution in [0.3, 0.4) is 0 Å². The SMILES string of the molecule is C.CCC(O)C(C)C(O)CO. The van der Waals surface area contributed by atoms with Crippen LogP contribution in [0.5, 0.6) is 0 Å². The van der Waals surface area contributed by atoms with Gasteiger partial charge >= 0.3 is 0 Å². The van der Waals surface area contributed by atoms with Gasteiger partial charge in [0.1, 0.15) is 0 Å². The molecule has 0 aromatic heterocycles. The van der Waals surface area contributed by atoms with E-state index in [0.717, 1.165) is 0 Å². The average Bonchev–Trinajstić information content (AvgIpc) is 2.00. The van der Waals surface area contributed by atoms with Crippen molar-refractivity contribution in [1.29, 1.82) is 0 Å². The molecule has 3 heteroatoms. The molecule has 11 heavy (non-hydrogen) atoms. The molecule has 0 fully saturated rings. The molecule has 0 heterocycles. The van der Waals surface area contributed by atoms with Crippen molar-refractivity contribution in [2.45, 2.75) is 39.9 Å². The number of aliphatic hydroxyl groups excluding tert-OH is 3. The highest BCUT2D eigenvalue weighted by Crippen LogP contribution is 2.10. The molecule has 0 rings (SSSR count). The first-order valence-electron chi connectivity index (χ1n) is 3.60. The van der Waals surface area contributed by atoms with E-state index in [9.17, 15) is 0 Å². The third-order valence-corrected chi connectivity index (χ3v) is 1.82. The molecule has 0 aliphatic carbocycles. The van der Waals surface area contributed by atoms with Gasteiger partial charge in [0.25, 0.3) is 0 Å². The second kappa shape index (κ2) is 6.58. The van der Waals surface area contributed by atoms with Crippen LogP contribution in [0.2, 0.25) is 0 Å². The normalized spacial score (nSPS) is 18.3. The van der Waals surface area contributed by atoms with E-state index in [2.05, 4.69) is 0 Å². The lowest BCUT2D eigenvalue weighted by Crippen LogP contribution is -2.31. The molecule has 0 spiro atoms. The Morgan fingerprint density at radius 2 is 1.64 bits per heavy atom. The van der Waals surface area contributed by atoms with Crippen LogP contribution in [0, 0.1) is 5.92 Å². The van der Waals surface area contributed by atoms with Crippen molar-refractivity contribution in [1.82, 2.24) is 0 Å². The van der Waals surface area contributed by atoms with E-state index in [1.807, 2.05) is 6.92 Å². The Labute approximate surface area is 68.7 Å². The van der Waals surface area contributed by atoms with Gasteiger partial charge in [0.15, 0.2) is 0 Å². The van der Waals surface area contributed by atoms with Crippen LogP contribution in [-0.2, 0) is 0 Å². The summed E-state index contributed by atoms with van der Waals surface area (Å²) in [5.41, 5.74) is 0. The highest BCUT2D eigenvalue weighted by Gasteiger charge is 2.19. The third kappa shape index (κ3) is 4.35. The van der Waals surface area contributed by atoms with Crippen LogP contribution in [0.4, 0.5) is 0 Å². The predicted molar refractivity (Wildman–Crippen MR) is 45.3 cm³/mol. The fourth-order valence-electron chi connectivity index (χ4n) is 0.794. The van der Waals surface area contributed by atoms with Crippen molar-refractivity contribution in [2.75, 3.05) is 6.61 Å². The molecule has 0 aliphatic heterocycles. The Kier molecular flexibility index (Phi) is 8.06. The largest absolute Gasteiger partial charge is 0.394 e. The lowest BCUT2D eigenvalue weighted by Gasteiger charge is -2.20. The molecule has 3 unspecified atom stereocenters. The zero-order valence-electron chi connectivity index (χ0n) is 6.49. The van der Waals surface area contributed by atoms with Crippen molar-refractivity contribution in [3.8, 4) is 0 Å². The van der Waals surface area contributed by atoms with Gasteiger partial charge in [-0.25, -0.2) is 0 Å². The molecule has 0 bridgehead atoms. The maximum Gasteiger partial charge on any atom is 0.0820 e. The molecule has 0 aromatic carbocycles. The van der Waals surface area contributed by atoms with Gasteiger partial charge in [0.2, 0.25) is 0 Å². The Morgan fingerprint density at radius 3 is 1.91 bits per heavy atom. The molecular weight excluding hydrogens is 144 g/mol. The van der Waals surface area contributed by atoms with Crippen molar-refractivity contribution < 1.29 is 15.3 Å². The van der Waals surface area contributed by atoms with Gasteiger partial charge in [-0.2, -0.15) is 0 Å². The van der Waals surface area contributed by atoms with Crippen molar-refractivity contribution in [2.24, 2.45) is 5.92 Å². The van der Waals surface area contributed by atoms with E-state index in [0.29, 0.717) is 6.42 Å². The number of hydrogen-bond acceptors (Lipinski definition) is 3. The molecule has 0 saturated heterocycles. The van der Waals surface area contributed by atoms with Crippen molar-refractivity contribution >= 4 is 0 Å². The summed E-state index contributed by atoms with van der Waals surface area (Å²) in [6.07, 6.45) is -0.699. The Hall–Kier alpha value is -0.120. The highest BCUT2D eigenvalue weighted by molar-refractivity contribution is 4.69. The number of rotatable bonds is 4. The summed E-state index contributed by atoms with van der Waals surface area (Å²) in [5.74, 6) is -0.241. The fraction of sp³-hybridized carbons (Fsp3) is 1.00. The summed E-state index contributed by atoms with van der Waals surface area (Å²) in [6, 6.07) is 0. The lowest BCUT2D eigenvalue weighted by atomic mass is 9.97. The smallest absolute Gasteiger partial charge is 0.0820 e. The second-order valence-electron chi connectivity index (χ2n) is 2.58. The Bertz CT molecular complexity index is 75.4. The monoisotopic (exact) mass is 164 g/mol. The van der Waals surface area contributed by atoms with E-state index in [4.69, 9.17) is 15.3 Å². The van der Waals surface area contributed by atoms with Crippen LogP contribution >= 0.6 is 0 Å². The zero-order valence-corrected chi connectivity index (χ0v) is 6.49. The summed E-state index contributed by atoms with van der Waals surface area (Å²) in [4.78, 5) is 0. The standard InChI is InChI=1S/C7H16O3.CH4/c1-3-6(9)5(2)7(10)4-8;/h5-10H,3-4H2,1-2H3;1H4. The van der Waals surface area contributed by atoms with E-state index < -0.39 is 12.2 Å². The maximum absolute atomic E-state index is 9.16. The number of aliphatic hydroxyl groups is 3. The van der Waals surface area contributed by atoms with E-state index in [-0.39, 0.29) is 20.0 Å². The number of hydrogen-bond donors (Lipinski definition) is 3. The Morgan fingerprint density at radius 1 is 1.18 bits per heavy atom. The van der Waals surface area contributed by atoms with Crippen LogP contribution < -0.4 is 0 Å². The Balaban J connectivity index is 0. The average molecular weight is 164 g/mol. The summed E-state index contributed by atoms with van der Waals surface area (Å²) < 4.78 is 0. The van der Waals surface area contributed by atoms with Gasteiger partial charge in [-0.05, 0) is 6.42 Å². The summed E-state index contributed by atoms with van der Waals surface area (Å²) >= 11 is 0. The molecule has 0 aliphatic rings. The van der Waals surface area contributed by atoms with E-state index in [1.54, 1.807) is 6.92 Å². The molecular formula is C8H20O3. The minimum atomic E-state index is -0.796. The fourth-order valence-corrected chi connectivity index (χ4v) is 0.794. The lowest BCUT2D eigenvalue weighted by molar-refractivity contribution is -0.00893. The van der Waals surface area contributed by atoms with Gasteiger partial charge < -0.3 is 15.3 Å². The van der Waals surface area contributed by atoms with Gasteiger partial charge in [0, 0.05) is 5.92 Å². The molecule has 70 valence electrons. The van der Waals surface area contributed by atoms with Crippen LogP contribution in [0.1, 0.15) is 27.7 Å². The van der Waals surface area contributed by atoms with Crippen LogP contribution in [-0.4, -0.2) is 34.1 Å². The first-order chi connectivity index (χ1) is 4.63. The van der Waals surface area contributed by atoms with E-state index in [1.165, 1.54) is 0 Å². The maximum atomic E-state index is 9.16. The van der Waals surface area contributed by atoms with Gasteiger partial charge in [-0.3, -0.25) is 0 Å². The quantitative estimate of drug-likeness (QED) is 0.563. The molecule has 0 aromatic rings. The minimum absolute atomic E-state index is 0. The topological polar surface area (TPSA) is 60.7 Å². The molecule has 0 radical (unpaired) electrons. The highest BCUT2D eigenvalue weighted by atomic mass is 16.3. The van der Waals surface area contributed by atoms with Gasteiger partial charge in [-0.15, -0.1) is 0 Å². The van der Waals surface area contributed by atoms with Crippen molar-refractivity contribution in [3.05, 3.63) is 0 Å². The van der Waals surface area contributed by atoms with Crippen LogP contribution in [0.25, 0.3) is 0 Å². The second-order valence-corrected chi connectivity index (χ2v) is 2.58. The predicted octanol–water partition coefficient (Wildman–Crippen LogP) is 0.383. The zero-order chi connectivity index (χ0) is 8.15. The first kappa shape index (κ1) is 13.5. The summed E-state index contributed by atoms with van der Waals surface area (Å²) in [5, 5.41) is 26.7. The molecule has 3 N–H and O–H groups in total. The molecule has 0 saturated carbocycles. The molecule has 3 atom stereocenters. The van der Waals surface area contributed by atoms with Gasteiger partial charge in [0.05, 0.1) is 18.8 Å².